The second-order valence-corrected chi connectivity index (χ2v) is 16.5. The van der Waals surface area contributed by atoms with E-state index in [0.717, 1.165) is 54.2 Å². The zero-order valence-corrected chi connectivity index (χ0v) is 23.6. The van der Waals surface area contributed by atoms with Gasteiger partial charge in [0.1, 0.15) is 12.1 Å². The highest BCUT2D eigenvalue weighted by atomic mass is 28.4. The Morgan fingerprint density at radius 2 is 1.95 bits per heavy atom. The molecule has 0 unspecified atom stereocenters. The Hall–Kier alpha value is -3.04. The summed E-state index contributed by atoms with van der Waals surface area (Å²) in [6.45, 7) is 14.1. The van der Waals surface area contributed by atoms with Crippen LogP contribution in [0.15, 0.2) is 54.6 Å². The van der Waals surface area contributed by atoms with Crippen molar-refractivity contribution in [3.63, 3.8) is 0 Å². The Morgan fingerprint density at radius 3 is 2.70 bits per heavy atom. The van der Waals surface area contributed by atoms with Crippen molar-refractivity contribution < 1.29 is 9.22 Å². The van der Waals surface area contributed by atoms with Crippen LogP contribution in [-0.4, -0.2) is 58.3 Å². The van der Waals surface area contributed by atoms with E-state index in [0.29, 0.717) is 19.7 Å². The number of rotatable bonds is 8. The molecule has 0 aliphatic carbocycles. The maximum absolute atomic E-state index is 13.1. The minimum absolute atomic E-state index is 0.0484. The van der Waals surface area contributed by atoms with E-state index in [-0.39, 0.29) is 16.9 Å². The van der Waals surface area contributed by atoms with Crippen molar-refractivity contribution in [2.24, 2.45) is 5.92 Å². The molecular formula is C28H38N6O2Si. The van der Waals surface area contributed by atoms with E-state index in [4.69, 9.17) is 9.41 Å². The second-order valence-electron chi connectivity index (χ2n) is 11.7. The van der Waals surface area contributed by atoms with Gasteiger partial charge >= 0.3 is 0 Å². The van der Waals surface area contributed by atoms with Crippen molar-refractivity contribution >= 4 is 25.7 Å². The summed E-state index contributed by atoms with van der Waals surface area (Å²) in [5.41, 5.74) is 4.19. The van der Waals surface area contributed by atoms with Crippen LogP contribution >= 0.6 is 0 Å². The molecule has 37 heavy (non-hydrogen) atoms. The van der Waals surface area contributed by atoms with E-state index in [2.05, 4.69) is 73.1 Å². The third kappa shape index (κ3) is 5.33. The lowest BCUT2D eigenvalue weighted by molar-refractivity contribution is -0.130. The average Bonchev–Trinajstić information content (AvgIpc) is 3.47. The van der Waals surface area contributed by atoms with E-state index in [9.17, 15) is 4.79 Å². The zero-order valence-electron chi connectivity index (χ0n) is 22.6. The summed E-state index contributed by atoms with van der Waals surface area (Å²) in [4.78, 5) is 26.3. The number of hydrogen-bond acceptors (Lipinski definition) is 6. The Morgan fingerprint density at radius 1 is 1.11 bits per heavy atom. The predicted molar refractivity (Wildman–Crippen MR) is 148 cm³/mol. The molecule has 0 spiro atoms. The Kier molecular flexibility index (Phi) is 6.93. The van der Waals surface area contributed by atoms with Gasteiger partial charge in [-0.25, -0.2) is 14.5 Å². The molecule has 0 saturated carbocycles. The number of anilines is 1. The topological polar surface area (TPSA) is 75.9 Å². The number of nitrogens with zero attached hydrogens (tertiary/aromatic N) is 6. The van der Waals surface area contributed by atoms with Crippen LogP contribution in [0, 0.1) is 5.92 Å². The quantitative estimate of drug-likeness (QED) is 0.398. The number of carbonyl (C=O) groups excluding carboxylic acids is 1. The first-order valence-electron chi connectivity index (χ1n) is 13.3. The maximum Gasteiger partial charge on any atom is 0.233 e. The summed E-state index contributed by atoms with van der Waals surface area (Å²) in [7, 11) is -1.79. The summed E-state index contributed by atoms with van der Waals surface area (Å²) >= 11 is 0. The number of piperazine rings is 1. The SMILES string of the molecule is CC(C)(C)[Si](C)(C)OCc1ccc(N2CCN3C(=O)[C@@H](CCCc4cccc5ncnn45)C=C3C2)nc1. The highest BCUT2D eigenvalue weighted by Gasteiger charge is 2.37. The normalized spacial score (nSPS) is 18.5. The van der Waals surface area contributed by atoms with Gasteiger partial charge in [-0.2, -0.15) is 5.10 Å². The number of aryl methyl sites for hydroxylation is 1. The first kappa shape index (κ1) is 25.6. The van der Waals surface area contributed by atoms with Crippen LogP contribution < -0.4 is 4.90 Å². The van der Waals surface area contributed by atoms with E-state index < -0.39 is 8.32 Å². The van der Waals surface area contributed by atoms with Crippen molar-refractivity contribution in [2.75, 3.05) is 24.5 Å². The molecule has 5 rings (SSSR count). The number of aromatic nitrogens is 4. The third-order valence-corrected chi connectivity index (χ3v) is 12.6. The smallest absolute Gasteiger partial charge is 0.233 e. The first-order valence-corrected chi connectivity index (χ1v) is 16.2. The highest BCUT2D eigenvalue weighted by Crippen LogP contribution is 2.37. The molecule has 2 aliphatic heterocycles. The van der Waals surface area contributed by atoms with Crippen LogP contribution in [-0.2, 0) is 22.2 Å². The van der Waals surface area contributed by atoms with Crippen LogP contribution in [0.2, 0.25) is 18.1 Å². The monoisotopic (exact) mass is 518 g/mol. The van der Waals surface area contributed by atoms with Crippen LogP contribution in [0.4, 0.5) is 5.82 Å². The van der Waals surface area contributed by atoms with Gasteiger partial charge in [0, 0.05) is 30.7 Å². The Bertz CT molecular complexity index is 1290. The van der Waals surface area contributed by atoms with Crippen molar-refractivity contribution in [1.29, 1.82) is 0 Å². The fourth-order valence-corrected chi connectivity index (χ4v) is 5.75. The maximum atomic E-state index is 13.1. The van der Waals surface area contributed by atoms with Gasteiger partial charge in [0.25, 0.3) is 0 Å². The summed E-state index contributed by atoms with van der Waals surface area (Å²) in [5.74, 6) is 1.14. The standard InChI is InChI=1S/C28H38N6O2Si/c1-28(2,3)37(4,5)36-19-21-12-13-25(29-17-21)32-14-15-33-24(18-32)16-22(27(33)35)8-6-9-23-10-7-11-26-30-20-31-34(23)26/h7,10-13,16-17,20,22H,6,8-9,14-15,18-19H2,1-5H3/t22-/m0/s1. The zero-order chi connectivity index (χ0) is 26.2. The molecule has 0 radical (unpaired) electrons. The third-order valence-electron chi connectivity index (χ3n) is 8.14. The molecule has 2 aliphatic rings. The van der Waals surface area contributed by atoms with Crippen molar-refractivity contribution in [3.8, 4) is 0 Å². The van der Waals surface area contributed by atoms with E-state index in [1.807, 2.05) is 27.7 Å². The van der Waals surface area contributed by atoms with Gasteiger partial charge < -0.3 is 14.2 Å². The highest BCUT2D eigenvalue weighted by molar-refractivity contribution is 6.74. The molecule has 9 heteroatoms. The largest absolute Gasteiger partial charge is 0.413 e. The van der Waals surface area contributed by atoms with Gasteiger partial charge in [0.2, 0.25) is 5.91 Å². The summed E-state index contributed by atoms with van der Waals surface area (Å²) in [6.07, 6.45) is 8.32. The summed E-state index contributed by atoms with van der Waals surface area (Å²) < 4.78 is 8.23. The lowest BCUT2D eigenvalue weighted by Gasteiger charge is -2.36. The van der Waals surface area contributed by atoms with E-state index in [1.54, 1.807) is 6.33 Å². The molecule has 0 aromatic carbocycles. The van der Waals surface area contributed by atoms with Crippen LogP contribution in [0.5, 0.6) is 0 Å². The van der Waals surface area contributed by atoms with E-state index in [1.165, 1.54) is 0 Å². The Balaban J connectivity index is 1.16. The van der Waals surface area contributed by atoms with Crippen LogP contribution in [0.25, 0.3) is 5.65 Å². The lowest BCUT2D eigenvalue weighted by Crippen LogP contribution is -2.45. The molecule has 1 fully saturated rings. The average molecular weight is 519 g/mol. The van der Waals surface area contributed by atoms with Gasteiger partial charge in [-0.3, -0.25) is 4.79 Å². The van der Waals surface area contributed by atoms with Gasteiger partial charge in [-0.1, -0.05) is 39.0 Å². The molecule has 1 amide bonds. The van der Waals surface area contributed by atoms with Gasteiger partial charge in [-0.15, -0.1) is 0 Å². The lowest BCUT2D eigenvalue weighted by atomic mass is 10.0. The number of amides is 1. The number of hydrogen-bond donors (Lipinski definition) is 0. The molecule has 196 valence electrons. The molecule has 3 aromatic rings. The molecule has 3 aromatic heterocycles. The van der Waals surface area contributed by atoms with Crippen molar-refractivity contribution in [1.82, 2.24) is 24.5 Å². The molecule has 0 bridgehead atoms. The van der Waals surface area contributed by atoms with E-state index >= 15 is 0 Å². The summed E-state index contributed by atoms with van der Waals surface area (Å²) in [5, 5.41) is 4.51. The second kappa shape index (κ2) is 10.0. The molecule has 8 nitrogen and oxygen atoms in total. The van der Waals surface area contributed by atoms with Gasteiger partial charge in [0.05, 0.1) is 19.1 Å². The predicted octanol–water partition coefficient (Wildman–Crippen LogP) is 4.83. The van der Waals surface area contributed by atoms with Gasteiger partial charge in [-0.05, 0) is 61.2 Å². The molecule has 1 saturated heterocycles. The molecule has 0 N–H and O–H groups in total. The van der Waals surface area contributed by atoms with Gasteiger partial charge in [0.15, 0.2) is 14.0 Å². The number of fused-ring (bicyclic) bond motifs is 2. The van der Waals surface area contributed by atoms with Crippen LogP contribution in [0.3, 0.4) is 0 Å². The first-order chi connectivity index (χ1) is 17.6. The fourth-order valence-electron chi connectivity index (χ4n) is 4.79. The minimum Gasteiger partial charge on any atom is -0.413 e. The number of carbonyl (C=O) groups is 1. The number of pyridine rings is 2. The summed E-state index contributed by atoms with van der Waals surface area (Å²) in [6, 6.07) is 10.2. The minimum atomic E-state index is -1.79. The Labute approximate surface area is 220 Å². The molecule has 5 heterocycles. The fraction of sp³-hybridized carbons (Fsp3) is 0.500. The van der Waals surface area contributed by atoms with Crippen molar-refractivity contribution in [2.45, 2.75) is 64.8 Å². The van der Waals surface area contributed by atoms with Crippen LogP contribution in [0.1, 0.15) is 44.9 Å². The molecular weight excluding hydrogens is 480 g/mol. The molecule has 1 atom stereocenters. The van der Waals surface area contributed by atoms with Crippen molar-refractivity contribution in [3.05, 3.63) is 65.9 Å².